The van der Waals surface area contributed by atoms with E-state index in [1.165, 1.54) is 11.3 Å². The van der Waals surface area contributed by atoms with Crippen LogP contribution in [-0.2, 0) is 11.2 Å². The van der Waals surface area contributed by atoms with Crippen LogP contribution in [0.1, 0.15) is 23.0 Å². The van der Waals surface area contributed by atoms with Crippen LogP contribution in [0.4, 0.5) is 5.69 Å². The summed E-state index contributed by atoms with van der Waals surface area (Å²) in [6.07, 6.45) is 1.87. The molecule has 0 aliphatic rings. The van der Waals surface area contributed by atoms with Gasteiger partial charge in [-0.1, -0.05) is 12.1 Å². The van der Waals surface area contributed by atoms with Gasteiger partial charge < -0.3 is 10.6 Å². The smallest absolute Gasteiger partial charge is 0.251 e. The van der Waals surface area contributed by atoms with E-state index in [4.69, 9.17) is 0 Å². The fourth-order valence-corrected chi connectivity index (χ4v) is 3.16. The summed E-state index contributed by atoms with van der Waals surface area (Å²) >= 11 is 1.46. The summed E-state index contributed by atoms with van der Waals surface area (Å²) < 4.78 is 0. The molecule has 0 fully saturated rings. The number of nitrogens with zero attached hydrogens (tertiary/aromatic N) is 2. The van der Waals surface area contributed by atoms with Gasteiger partial charge in [-0.3, -0.25) is 14.6 Å². The molecular formula is C19H18N4O2S. The van der Waals surface area contributed by atoms with Gasteiger partial charge in [0.15, 0.2) is 0 Å². The van der Waals surface area contributed by atoms with Gasteiger partial charge in [-0.2, -0.15) is 0 Å². The van der Waals surface area contributed by atoms with Crippen molar-refractivity contribution in [2.75, 3.05) is 11.9 Å². The molecule has 0 saturated carbocycles. The Hall–Kier alpha value is -3.06. The molecule has 3 rings (SSSR count). The monoisotopic (exact) mass is 366 g/mol. The van der Waals surface area contributed by atoms with E-state index >= 15 is 0 Å². The second-order valence-electron chi connectivity index (χ2n) is 5.52. The number of pyridine rings is 1. The number of benzene rings is 1. The van der Waals surface area contributed by atoms with Crippen LogP contribution in [-0.4, -0.2) is 28.3 Å². The van der Waals surface area contributed by atoms with Crippen molar-refractivity contribution in [2.24, 2.45) is 0 Å². The quantitative estimate of drug-likeness (QED) is 0.702. The van der Waals surface area contributed by atoms with Gasteiger partial charge in [-0.15, -0.1) is 11.3 Å². The minimum absolute atomic E-state index is 0.161. The molecule has 0 bridgehead atoms. The number of nitrogens with one attached hydrogen (secondary N) is 2. The minimum atomic E-state index is -0.184. The molecule has 0 aliphatic heterocycles. The van der Waals surface area contributed by atoms with Crippen molar-refractivity contribution in [1.29, 1.82) is 0 Å². The Bertz CT molecular complexity index is 909. The van der Waals surface area contributed by atoms with Gasteiger partial charge in [0.1, 0.15) is 5.01 Å². The maximum Gasteiger partial charge on any atom is 0.251 e. The second kappa shape index (κ2) is 8.35. The first-order valence-corrected chi connectivity index (χ1v) is 9.07. The van der Waals surface area contributed by atoms with Crippen LogP contribution < -0.4 is 10.6 Å². The van der Waals surface area contributed by atoms with Crippen LogP contribution in [0.3, 0.4) is 0 Å². The molecule has 0 atom stereocenters. The Kier molecular flexibility index (Phi) is 5.70. The van der Waals surface area contributed by atoms with Crippen LogP contribution in [0.5, 0.6) is 0 Å². The van der Waals surface area contributed by atoms with Crippen LogP contribution in [0, 0.1) is 0 Å². The zero-order valence-electron chi connectivity index (χ0n) is 14.2. The van der Waals surface area contributed by atoms with E-state index in [9.17, 15) is 9.59 Å². The third kappa shape index (κ3) is 4.52. The normalized spacial score (nSPS) is 10.3. The maximum atomic E-state index is 12.3. The maximum absolute atomic E-state index is 12.3. The number of hydrogen-bond donors (Lipinski definition) is 2. The third-order valence-electron chi connectivity index (χ3n) is 3.52. The Morgan fingerprint density at radius 2 is 2.04 bits per heavy atom. The highest BCUT2D eigenvalue weighted by Gasteiger charge is 2.11. The first-order valence-electron chi connectivity index (χ1n) is 8.19. The summed E-state index contributed by atoms with van der Waals surface area (Å²) in [5.74, 6) is -0.348. The highest BCUT2D eigenvalue weighted by atomic mass is 32.1. The van der Waals surface area contributed by atoms with E-state index in [-0.39, 0.29) is 18.2 Å². The van der Waals surface area contributed by atoms with Crippen LogP contribution in [0.15, 0.2) is 54.0 Å². The predicted octanol–water partition coefficient (Wildman–Crippen LogP) is 3.14. The highest BCUT2D eigenvalue weighted by molar-refractivity contribution is 7.13. The molecule has 3 aromatic rings. The molecule has 0 spiro atoms. The summed E-state index contributed by atoms with van der Waals surface area (Å²) in [5, 5.41) is 8.18. The predicted molar refractivity (Wildman–Crippen MR) is 102 cm³/mol. The van der Waals surface area contributed by atoms with Gasteiger partial charge in [-0.25, -0.2) is 4.98 Å². The van der Waals surface area contributed by atoms with Gasteiger partial charge in [-0.05, 0) is 37.3 Å². The van der Waals surface area contributed by atoms with E-state index in [2.05, 4.69) is 20.6 Å². The van der Waals surface area contributed by atoms with Gasteiger partial charge in [0.25, 0.3) is 5.91 Å². The average molecular weight is 366 g/mol. The minimum Gasteiger partial charge on any atom is -0.352 e. The van der Waals surface area contributed by atoms with E-state index in [0.29, 0.717) is 23.5 Å². The van der Waals surface area contributed by atoms with Crippen molar-refractivity contribution in [2.45, 2.75) is 13.3 Å². The molecule has 0 radical (unpaired) electrons. The van der Waals surface area contributed by atoms with Gasteiger partial charge >= 0.3 is 0 Å². The lowest BCUT2D eigenvalue weighted by Crippen LogP contribution is -2.23. The fourth-order valence-electron chi connectivity index (χ4n) is 2.37. The Balaban J connectivity index is 1.64. The van der Waals surface area contributed by atoms with E-state index in [1.54, 1.807) is 30.5 Å². The largest absolute Gasteiger partial charge is 0.352 e. The highest BCUT2D eigenvalue weighted by Crippen LogP contribution is 2.21. The van der Waals surface area contributed by atoms with Crippen molar-refractivity contribution in [1.82, 2.24) is 15.3 Å². The Morgan fingerprint density at radius 1 is 1.15 bits per heavy atom. The van der Waals surface area contributed by atoms with Crippen molar-refractivity contribution >= 4 is 28.8 Å². The molecule has 0 unspecified atom stereocenters. The summed E-state index contributed by atoms with van der Waals surface area (Å²) in [4.78, 5) is 32.9. The summed E-state index contributed by atoms with van der Waals surface area (Å²) in [7, 11) is 0. The van der Waals surface area contributed by atoms with Crippen molar-refractivity contribution in [3.05, 3.63) is 65.3 Å². The lowest BCUT2D eigenvalue weighted by atomic mass is 10.2. The summed E-state index contributed by atoms with van der Waals surface area (Å²) in [5.41, 5.74) is 2.57. The number of rotatable bonds is 6. The molecule has 2 N–H and O–H groups in total. The Labute approximate surface area is 155 Å². The zero-order chi connectivity index (χ0) is 18.4. The molecule has 0 saturated heterocycles. The van der Waals surface area contributed by atoms with Crippen molar-refractivity contribution < 1.29 is 9.59 Å². The van der Waals surface area contributed by atoms with Crippen molar-refractivity contribution in [3.8, 4) is 10.7 Å². The lowest BCUT2D eigenvalue weighted by Gasteiger charge is -2.07. The van der Waals surface area contributed by atoms with Crippen LogP contribution in [0.25, 0.3) is 10.7 Å². The average Bonchev–Trinajstić information content (AvgIpc) is 3.11. The standard InChI is InChI=1S/C19H18N4O2S/c1-2-20-18(25)13-6-5-7-14(10-13)22-17(24)11-15-12-26-19(23-15)16-8-3-4-9-21-16/h3-10,12H,2,11H2,1H3,(H,20,25)(H,22,24). The second-order valence-corrected chi connectivity index (χ2v) is 6.38. The molecule has 6 nitrogen and oxygen atoms in total. The first-order chi connectivity index (χ1) is 12.7. The molecule has 7 heteroatoms. The molecule has 2 heterocycles. The number of aromatic nitrogens is 2. The number of thiazole rings is 1. The van der Waals surface area contributed by atoms with Gasteiger partial charge in [0, 0.05) is 29.4 Å². The lowest BCUT2D eigenvalue weighted by molar-refractivity contribution is -0.115. The summed E-state index contributed by atoms with van der Waals surface area (Å²) in [6.45, 7) is 2.41. The number of carbonyl (C=O) groups excluding carboxylic acids is 2. The first kappa shape index (κ1) is 17.8. The van der Waals surface area contributed by atoms with Crippen LogP contribution >= 0.6 is 11.3 Å². The molecule has 26 heavy (non-hydrogen) atoms. The van der Waals surface area contributed by atoms with E-state index in [0.717, 1.165) is 10.7 Å². The molecule has 1 aromatic carbocycles. The van der Waals surface area contributed by atoms with Crippen molar-refractivity contribution in [3.63, 3.8) is 0 Å². The number of amides is 2. The number of carbonyl (C=O) groups is 2. The third-order valence-corrected chi connectivity index (χ3v) is 4.44. The molecule has 2 amide bonds. The molecule has 2 aromatic heterocycles. The van der Waals surface area contributed by atoms with Gasteiger partial charge in [0.2, 0.25) is 5.91 Å². The SMILES string of the molecule is CCNC(=O)c1cccc(NC(=O)Cc2csc(-c3ccccn3)n2)c1. The zero-order valence-corrected chi connectivity index (χ0v) is 15.0. The van der Waals surface area contributed by atoms with E-state index in [1.807, 2.05) is 30.5 Å². The summed E-state index contributed by atoms with van der Waals surface area (Å²) in [6, 6.07) is 12.5. The topological polar surface area (TPSA) is 84.0 Å². The Morgan fingerprint density at radius 3 is 2.81 bits per heavy atom. The molecule has 0 aliphatic carbocycles. The van der Waals surface area contributed by atoms with Gasteiger partial charge in [0.05, 0.1) is 17.8 Å². The van der Waals surface area contributed by atoms with E-state index < -0.39 is 0 Å². The van der Waals surface area contributed by atoms with Crippen LogP contribution in [0.2, 0.25) is 0 Å². The number of anilines is 1. The number of hydrogen-bond acceptors (Lipinski definition) is 5. The fraction of sp³-hybridized carbons (Fsp3) is 0.158. The molecular weight excluding hydrogens is 348 g/mol. The molecule has 132 valence electrons.